The molecule has 25 heavy (non-hydrogen) atoms. The molecule has 1 amide bonds. The summed E-state index contributed by atoms with van der Waals surface area (Å²) in [6.07, 6.45) is 1.52. The summed E-state index contributed by atoms with van der Waals surface area (Å²) in [7, 11) is 1.55. The zero-order chi connectivity index (χ0) is 17.8. The van der Waals surface area contributed by atoms with Gasteiger partial charge in [0.25, 0.3) is 0 Å². The minimum atomic E-state index is -2.97. The van der Waals surface area contributed by atoms with Crippen molar-refractivity contribution in [3.8, 4) is 11.5 Å². The molecule has 0 saturated carbocycles. The van der Waals surface area contributed by atoms with E-state index in [0.717, 1.165) is 5.39 Å². The van der Waals surface area contributed by atoms with E-state index in [1.54, 1.807) is 37.4 Å². The fourth-order valence-electron chi connectivity index (χ4n) is 2.46. The van der Waals surface area contributed by atoms with Crippen molar-refractivity contribution in [1.82, 2.24) is 0 Å². The highest BCUT2D eigenvalue weighted by molar-refractivity contribution is 5.96. The van der Waals surface area contributed by atoms with Gasteiger partial charge < -0.3 is 19.2 Å². The summed E-state index contributed by atoms with van der Waals surface area (Å²) < 4.78 is 39.8. The molecule has 5 nitrogen and oxygen atoms in total. The molecule has 1 heterocycles. The van der Waals surface area contributed by atoms with E-state index in [0.29, 0.717) is 16.9 Å². The number of ether oxygens (including phenoxy) is 2. The molecule has 0 spiro atoms. The average Bonchev–Trinajstić information content (AvgIpc) is 2.98. The molecule has 0 aliphatic carbocycles. The van der Waals surface area contributed by atoms with Crippen LogP contribution in [0.1, 0.15) is 5.56 Å². The van der Waals surface area contributed by atoms with Crippen LogP contribution in [0.2, 0.25) is 0 Å². The van der Waals surface area contributed by atoms with Crippen LogP contribution < -0.4 is 14.8 Å². The van der Waals surface area contributed by atoms with Gasteiger partial charge in [-0.05, 0) is 24.3 Å². The Kier molecular flexibility index (Phi) is 4.83. The van der Waals surface area contributed by atoms with E-state index in [1.807, 2.05) is 0 Å². The molecular weight excluding hydrogens is 332 g/mol. The molecule has 3 rings (SSSR count). The lowest BCUT2D eigenvalue weighted by Crippen LogP contribution is -2.15. The monoisotopic (exact) mass is 347 g/mol. The fraction of sp³-hybridized carbons (Fsp3) is 0.167. The maximum Gasteiger partial charge on any atom is 0.387 e. The summed E-state index contributed by atoms with van der Waals surface area (Å²) in [4.78, 5) is 12.3. The Bertz CT molecular complexity index is 892. The Morgan fingerprint density at radius 2 is 2.04 bits per heavy atom. The molecule has 1 N–H and O–H groups in total. The van der Waals surface area contributed by atoms with Gasteiger partial charge in [0, 0.05) is 17.0 Å². The number of furan rings is 1. The summed E-state index contributed by atoms with van der Waals surface area (Å²) in [5, 5.41) is 3.36. The Morgan fingerprint density at radius 3 is 2.80 bits per heavy atom. The van der Waals surface area contributed by atoms with Crippen molar-refractivity contribution in [2.24, 2.45) is 0 Å². The van der Waals surface area contributed by atoms with Gasteiger partial charge in [-0.15, -0.1) is 0 Å². The van der Waals surface area contributed by atoms with Gasteiger partial charge in [-0.3, -0.25) is 4.79 Å². The number of carbonyl (C=O) groups excluding carboxylic acids is 1. The number of fused-ring (bicyclic) bond motifs is 1. The number of hydrogen-bond donors (Lipinski definition) is 1. The standard InChI is InChI=1S/C18H15F2NO4/c1-23-12-6-7-13-11(10-24-16(13)9-12)8-17(22)21-14-4-2-3-5-15(14)25-18(19)20/h2-7,9-10,18H,8H2,1H3,(H,21,22). The highest BCUT2D eigenvalue weighted by atomic mass is 19.3. The van der Waals surface area contributed by atoms with E-state index in [9.17, 15) is 13.6 Å². The van der Waals surface area contributed by atoms with Gasteiger partial charge in [-0.25, -0.2) is 0 Å². The topological polar surface area (TPSA) is 60.7 Å². The van der Waals surface area contributed by atoms with Crippen molar-refractivity contribution < 1.29 is 27.5 Å². The van der Waals surface area contributed by atoms with Crippen LogP contribution in [0, 0.1) is 0 Å². The Labute approximate surface area is 142 Å². The van der Waals surface area contributed by atoms with Gasteiger partial charge in [0.15, 0.2) is 0 Å². The van der Waals surface area contributed by atoms with Gasteiger partial charge in [-0.1, -0.05) is 12.1 Å². The van der Waals surface area contributed by atoms with Gasteiger partial charge >= 0.3 is 6.61 Å². The first-order chi connectivity index (χ1) is 12.1. The number of alkyl halides is 2. The Hall–Kier alpha value is -3.09. The molecular formula is C18H15F2NO4. The van der Waals surface area contributed by atoms with Gasteiger partial charge in [-0.2, -0.15) is 8.78 Å². The maximum absolute atomic E-state index is 12.4. The first-order valence-electron chi connectivity index (χ1n) is 7.44. The molecule has 3 aromatic rings. The normalized spacial score (nSPS) is 10.9. The summed E-state index contributed by atoms with van der Waals surface area (Å²) in [6.45, 7) is -2.97. The Balaban J connectivity index is 1.75. The van der Waals surface area contributed by atoms with Crippen molar-refractivity contribution in [2.75, 3.05) is 12.4 Å². The zero-order valence-corrected chi connectivity index (χ0v) is 13.3. The van der Waals surface area contributed by atoms with E-state index < -0.39 is 6.61 Å². The van der Waals surface area contributed by atoms with Crippen LogP contribution in [0.3, 0.4) is 0 Å². The SMILES string of the molecule is COc1ccc2c(CC(=O)Nc3ccccc3OC(F)F)coc2c1. The largest absolute Gasteiger partial charge is 0.497 e. The second-order valence-electron chi connectivity index (χ2n) is 5.22. The predicted molar refractivity (Wildman–Crippen MR) is 88.2 cm³/mol. The van der Waals surface area contributed by atoms with Crippen LogP contribution in [0.5, 0.6) is 11.5 Å². The molecule has 2 aromatic carbocycles. The van der Waals surface area contributed by atoms with Crippen LogP contribution in [0.25, 0.3) is 11.0 Å². The third-order valence-corrected chi connectivity index (χ3v) is 3.59. The van der Waals surface area contributed by atoms with Gasteiger partial charge in [0.1, 0.15) is 17.1 Å². The molecule has 0 aliphatic rings. The highest BCUT2D eigenvalue weighted by Crippen LogP contribution is 2.28. The molecule has 1 aromatic heterocycles. The summed E-state index contributed by atoms with van der Waals surface area (Å²) in [5.41, 5.74) is 1.47. The van der Waals surface area contributed by atoms with Crippen LogP contribution in [-0.2, 0) is 11.2 Å². The second-order valence-corrected chi connectivity index (χ2v) is 5.22. The third kappa shape index (κ3) is 3.88. The van der Waals surface area contributed by atoms with Crippen LogP contribution >= 0.6 is 0 Å². The smallest absolute Gasteiger partial charge is 0.387 e. The summed E-state index contributed by atoms with van der Waals surface area (Å²) >= 11 is 0. The number of methoxy groups -OCH3 is 1. The zero-order valence-electron chi connectivity index (χ0n) is 13.3. The van der Waals surface area contributed by atoms with Crippen molar-refractivity contribution in [2.45, 2.75) is 13.0 Å². The first-order valence-corrected chi connectivity index (χ1v) is 7.44. The quantitative estimate of drug-likeness (QED) is 0.725. The number of rotatable bonds is 6. The van der Waals surface area contributed by atoms with E-state index in [-0.39, 0.29) is 23.8 Å². The molecule has 0 aliphatic heterocycles. The van der Waals surface area contributed by atoms with Gasteiger partial charge in [0.05, 0.1) is 25.5 Å². The first kappa shape index (κ1) is 16.8. The number of benzene rings is 2. The number of anilines is 1. The molecule has 0 fully saturated rings. The highest BCUT2D eigenvalue weighted by Gasteiger charge is 2.14. The predicted octanol–water partition coefficient (Wildman–Crippen LogP) is 4.22. The number of nitrogens with one attached hydrogen (secondary N) is 1. The number of carbonyl (C=O) groups is 1. The number of para-hydroxylation sites is 2. The summed E-state index contributed by atoms with van der Waals surface area (Å²) in [5.74, 6) is 0.187. The van der Waals surface area contributed by atoms with Crippen LogP contribution in [-0.4, -0.2) is 19.6 Å². The van der Waals surface area contributed by atoms with E-state index >= 15 is 0 Å². The lowest BCUT2D eigenvalue weighted by Gasteiger charge is -2.11. The second kappa shape index (κ2) is 7.21. The van der Waals surface area contributed by atoms with Gasteiger partial charge in [0.2, 0.25) is 5.91 Å². The Morgan fingerprint density at radius 1 is 1.24 bits per heavy atom. The molecule has 7 heteroatoms. The molecule has 0 unspecified atom stereocenters. The van der Waals surface area contributed by atoms with E-state index in [1.165, 1.54) is 18.4 Å². The lowest BCUT2D eigenvalue weighted by molar-refractivity contribution is -0.115. The van der Waals surface area contributed by atoms with Crippen molar-refractivity contribution in [3.63, 3.8) is 0 Å². The number of hydrogen-bond acceptors (Lipinski definition) is 4. The average molecular weight is 347 g/mol. The van der Waals surface area contributed by atoms with E-state index in [2.05, 4.69) is 10.1 Å². The van der Waals surface area contributed by atoms with Crippen molar-refractivity contribution in [1.29, 1.82) is 0 Å². The van der Waals surface area contributed by atoms with Crippen molar-refractivity contribution >= 4 is 22.6 Å². The van der Waals surface area contributed by atoms with E-state index in [4.69, 9.17) is 9.15 Å². The lowest BCUT2D eigenvalue weighted by atomic mass is 10.1. The minimum Gasteiger partial charge on any atom is -0.497 e. The maximum atomic E-state index is 12.4. The third-order valence-electron chi connectivity index (χ3n) is 3.59. The summed E-state index contributed by atoms with van der Waals surface area (Å²) in [6, 6.07) is 11.3. The molecule has 0 atom stereocenters. The molecule has 0 bridgehead atoms. The number of amides is 1. The van der Waals surface area contributed by atoms with Crippen LogP contribution in [0.15, 0.2) is 53.1 Å². The molecule has 130 valence electrons. The molecule has 0 radical (unpaired) electrons. The van der Waals surface area contributed by atoms with Crippen molar-refractivity contribution in [3.05, 3.63) is 54.3 Å². The minimum absolute atomic E-state index is 0.0301. The van der Waals surface area contributed by atoms with Crippen LogP contribution in [0.4, 0.5) is 14.5 Å². The number of halogens is 2. The fourth-order valence-corrected chi connectivity index (χ4v) is 2.46. The molecule has 0 saturated heterocycles.